The van der Waals surface area contributed by atoms with E-state index in [9.17, 15) is 0 Å². The molecule has 3 rings (SSSR count). The van der Waals surface area contributed by atoms with Crippen LogP contribution in [-0.4, -0.2) is 17.6 Å². The Morgan fingerprint density at radius 3 is 3.06 bits per heavy atom. The van der Waals surface area contributed by atoms with Gasteiger partial charge in [0, 0.05) is 11.6 Å². The number of fused-ring (bicyclic) bond motifs is 1. The number of nitrogens with two attached hydrogens (primary N) is 1. The van der Waals surface area contributed by atoms with Crippen LogP contribution in [0.4, 0.5) is 0 Å². The van der Waals surface area contributed by atoms with E-state index in [0.29, 0.717) is 6.54 Å². The first-order chi connectivity index (χ1) is 7.83. The number of rotatable bonds is 1. The van der Waals surface area contributed by atoms with Crippen LogP contribution in [0.3, 0.4) is 0 Å². The molecule has 1 aromatic carbocycles. The van der Waals surface area contributed by atoms with E-state index in [2.05, 4.69) is 16.0 Å². The van der Waals surface area contributed by atoms with E-state index in [-0.39, 0.29) is 12.1 Å². The third-order valence-corrected chi connectivity index (χ3v) is 2.67. The third kappa shape index (κ3) is 1.48. The van der Waals surface area contributed by atoms with Gasteiger partial charge in [0.1, 0.15) is 6.10 Å². The molecule has 4 nitrogen and oxygen atoms in total. The topological polar surface area (TPSA) is 60.5 Å². The predicted molar refractivity (Wildman–Crippen MR) is 62.1 cm³/mol. The van der Waals surface area contributed by atoms with Gasteiger partial charge >= 0.3 is 0 Å². The molecule has 2 N–H and O–H groups in total. The first-order valence-electron chi connectivity index (χ1n) is 5.14. The van der Waals surface area contributed by atoms with Crippen molar-refractivity contribution in [2.24, 2.45) is 10.7 Å². The summed E-state index contributed by atoms with van der Waals surface area (Å²) in [5, 5.41) is 1.11. The molecule has 1 aliphatic rings. The minimum absolute atomic E-state index is 0.0513. The number of hydrogen-bond acceptors (Lipinski definition) is 4. The lowest BCUT2D eigenvalue weighted by Crippen LogP contribution is -2.13. The Balaban J connectivity index is 1.99. The highest BCUT2D eigenvalue weighted by molar-refractivity contribution is 5.79. The average molecular weight is 213 g/mol. The van der Waals surface area contributed by atoms with E-state index >= 15 is 0 Å². The standard InChI is InChI=1S/C12H11N3O/c13-12-15-7-11(16-12)9-3-4-10-8(6-9)2-1-5-14-10/h1-6,11H,7H2,(H2,13,15). The van der Waals surface area contributed by atoms with E-state index in [4.69, 9.17) is 10.5 Å². The lowest BCUT2D eigenvalue weighted by molar-refractivity contribution is 0.226. The van der Waals surface area contributed by atoms with E-state index in [1.54, 1.807) is 6.20 Å². The maximum Gasteiger partial charge on any atom is 0.282 e. The maximum absolute atomic E-state index is 5.49. The molecule has 0 saturated carbocycles. The Kier molecular flexibility index (Phi) is 1.99. The molecule has 4 heteroatoms. The Hall–Kier alpha value is -2.10. The van der Waals surface area contributed by atoms with Crippen molar-refractivity contribution in [1.82, 2.24) is 4.98 Å². The summed E-state index contributed by atoms with van der Waals surface area (Å²) in [5.41, 5.74) is 7.56. The molecule has 0 saturated heterocycles. The molecule has 1 atom stereocenters. The monoisotopic (exact) mass is 213 g/mol. The van der Waals surface area contributed by atoms with Crippen LogP contribution < -0.4 is 5.73 Å². The van der Waals surface area contributed by atoms with Crippen molar-refractivity contribution in [2.75, 3.05) is 6.54 Å². The number of aliphatic imine (C=N–C) groups is 1. The van der Waals surface area contributed by atoms with E-state index in [1.165, 1.54) is 0 Å². The zero-order valence-electron chi connectivity index (χ0n) is 8.63. The van der Waals surface area contributed by atoms with E-state index in [1.807, 2.05) is 24.3 Å². The molecule has 2 heterocycles. The molecular formula is C12H11N3O. The fourth-order valence-electron chi connectivity index (χ4n) is 1.86. The summed E-state index contributed by atoms with van der Waals surface area (Å²) in [5.74, 6) is 0. The number of aromatic nitrogens is 1. The SMILES string of the molecule is NC1=NCC(c2ccc3ncccc3c2)O1. The quantitative estimate of drug-likeness (QED) is 0.783. The molecule has 2 aromatic rings. The molecule has 0 amide bonds. The van der Waals surface area contributed by atoms with Gasteiger partial charge in [-0.1, -0.05) is 12.1 Å². The summed E-state index contributed by atoms with van der Waals surface area (Å²) >= 11 is 0. The second kappa shape index (κ2) is 3.48. The van der Waals surface area contributed by atoms with Crippen molar-refractivity contribution < 1.29 is 4.74 Å². The van der Waals surface area contributed by atoms with Crippen LogP contribution in [0.5, 0.6) is 0 Å². The van der Waals surface area contributed by atoms with Gasteiger partial charge in [-0.3, -0.25) is 4.98 Å². The largest absolute Gasteiger partial charge is 0.455 e. The lowest BCUT2D eigenvalue weighted by atomic mass is 10.1. The summed E-state index contributed by atoms with van der Waals surface area (Å²) in [6.45, 7) is 0.595. The van der Waals surface area contributed by atoms with Crippen molar-refractivity contribution in [3.63, 3.8) is 0 Å². The van der Waals surface area contributed by atoms with Gasteiger partial charge in [-0.25, -0.2) is 4.99 Å². The molecule has 0 bridgehead atoms. The fraction of sp³-hybridized carbons (Fsp3) is 0.167. The zero-order chi connectivity index (χ0) is 11.0. The van der Waals surface area contributed by atoms with Crippen molar-refractivity contribution in [1.29, 1.82) is 0 Å². The van der Waals surface area contributed by atoms with Gasteiger partial charge in [-0.15, -0.1) is 0 Å². The van der Waals surface area contributed by atoms with Crippen LogP contribution in [0.2, 0.25) is 0 Å². The van der Waals surface area contributed by atoms with Gasteiger partial charge in [-0.2, -0.15) is 0 Å². The first-order valence-corrected chi connectivity index (χ1v) is 5.14. The Labute approximate surface area is 92.8 Å². The number of amidine groups is 1. The normalized spacial score (nSPS) is 19.5. The molecule has 1 aromatic heterocycles. The van der Waals surface area contributed by atoms with Gasteiger partial charge < -0.3 is 10.5 Å². The summed E-state index contributed by atoms with van der Waals surface area (Å²) in [7, 11) is 0. The number of nitrogens with zero attached hydrogens (tertiary/aromatic N) is 2. The summed E-state index contributed by atoms with van der Waals surface area (Å²) in [6.07, 6.45) is 1.74. The molecule has 16 heavy (non-hydrogen) atoms. The number of hydrogen-bond donors (Lipinski definition) is 1. The van der Waals surface area contributed by atoms with Crippen LogP contribution in [0.1, 0.15) is 11.7 Å². The van der Waals surface area contributed by atoms with Gasteiger partial charge in [0.05, 0.1) is 12.1 Å². The highest BCUT2D eigenvalue weighted by atomic mass is 16.5. The van der Waals surface area contributed by atoms with Gasteiger partial charge in [0.2, 0.25) is 0 Å². The average Bonchev–Trinajstić information content (AvgIpc) is 2.75. The van der Waals surface area contributed by atoms with E-state index in [0.717, 1.165) is 16.5 Å². The van der Waals surface area contributed by atoms with Crippen LogP contribution in [0, 0.1) is 0 Å². The highest BCUT2D eigenvalue weighted by Gasteiger charge is 2.19. The third-order valence-electron chi connectivity index (χ3n) is 2.67. The molecule has 1 unspecified atom stereocenters. The van der Waals surface area contributed by atoms with Crippen LogP contribution in [-0.2, 0) is 4.74 Å². The molecule has 0 fully saturated rings. The number of benzene rings is 1. The molecule has 1 aliphatic heterocycles. The lowest BCUT2D eigenvalue weighted by Gasteiger charge is -2.10. The van der Waals surface area contributed by atoms with Crippen molar-refractivity contribution in [3.05, 3.63) is 42.1 Å². The van der Waals surface area contributed by atoms with Crippen molar-refractivity contribution in [3.8, 4) is 0 Å². The minimum Gasteiger partial charge on any atom is -0.455 e. The van der Waals surface area contributed by atoms with Crippen LogP contribution >= 0.6 is 0 Å². The summed E-state index contributed by atoms with van der Waals surface area (Å²) in [6, 6.07) is 10.3. The first kappa shape index (κ1) is 9.15. The van der Waals surface area contributed by atoms with Gasteiger partial charge in [-0.05, 0) is 23.8 Å². The molecular weight excluding hydrogens is 202 g/mol. The molecule has 80 valence electrons. The van der Waals surface area contributed by atoms with Gasteiger partial charge in [0.25, 0.3) is 6.02 Å². The van der Waals surface area contributed by atoms with Crippen molar-refractivity contribution in [2.45, 2.75) is 6.10 Å². The predicted octanol–water partition coefficient (Wildman–Crippen LogP) is 1.62. The second-order valence-corrected chi connectivity index (χ2v) is 3.74. The number of pyridine rings is 1. The Morgan fingerprint density at radius 2 is 2.25 bits per heavy atom. The van der Waals surface area contributed by atoms with Crippen LogP contribution in [0.25, 0.3) is 10.9 Å². The smallest absolute Gasteiger partial charge is 0.282 e. The number of ether oxygens (including phenoxy) is 1. The van der Waals surface area contributed by atoms with Gasteiger partial charge in [0.15, 0.2) is 0 Å². The van der Waals surface area contributed by atoms with Crippen molar-refractivity contribution >= 4 is 16.9 Å². The molecule has 0 radical (unpaired) electrons. The zero-order valence-corrected chi connectivity index (χ0v) is 8.63. The van der Waals surface area contributed by atoms with E-state index < -0.39 is 0 Å². The van der Waals surface area contributed by atoms with Crippen LogP contribution in [0.15, 0.2) is 41.5 Å². The fourth-order valence-corrected chi connectivity index (χ4v) is 1.86. The molecule has 0 aliphatic carbocycles. The second-order valence-electron chi connectivity index (χ2n) is 3.74. The minimum atomic E-state index is -0.0513. The summed E-state index contributed by atoms with van der Waals surface area (Å²) < 4.78 is 5.40. The summed E-state index contributed by atoms with van der Waals surface area (Å²) in [4.78, 5) is 8.30. The maximum atomic E-state index is 5.49. The molecule has 0 spiro atoms. The Morgan fingerprint density at radius 1 is 1.31 bits per heavy atom. The highest BCUT2D eigenvalue weighted by Crippen LogP contribution is 2.24. The Bertz CT molecular complexity index is 565.